The summed E-state index contributed by atoms with van der Waals surface area (Å²) in [7, 11) is 0. The Morgan fingerprint density at radius 2 is 2.21 bits per heavy atom. The van der Waals surface area contributed by atoms with E-state index in [-0.39, 0.29) is 12.7 Å². The van der Waals surface area contributed by atoms with Gasteiger partial charge in [-0.2, -0.15) is 0 Å². The Kier molecular flexibility index (Phi) is 3.86. The van der Waals surface area contributed by atoms with Gasteiger partial charge in [0.15, 0.2) is 5.79 Å². The van der Waals surface area contributed by atoms with Crippen molar-refractivity contribution in [2.45, 2.75) is 44.4 Å². The molecule has 1 aliphatic heterocycles. The number of hydrogen-bond acceptors (Lipinski definition) is 5. The summed E-state index contributed by atoms with van der Waals surface area (Å²) >= 11 is 0. The van der Waals surface area contributed by atoms with Crippen molar-refractivity contribution in [2.75, 3.05) is 13.2 Å². The maximum atomic E-state index is 9.37. The van der Waals surface area contributed by atoms with Gasteiger partial charge >= 0.3 is 0 Å². The molecule has 0 radical (unpaired) electrons. The maximum absolute atomic E-state index is 9.37. The van der Waals surface area contributed by atoms with Crippen LogP contribution < -0.4 is 0 Å². The van der Waals surface area contributed by atoms with Crippen LogP contribution in [0.15, 0.2) is 0 Å². The Labute approximate surface area is 83.3 Å². The van der Waals surface area contributed by atoms with Crippen molar-refractivity contribution in [3.8, 4) is 0 Å². The second kappa shape index (κ2) is 4.55. The molecule has 1 rings (SSSR count). The molecule has 5 heteroatoms. The lowest BCUT2D eigenvalue weighted by Crippen LogP contribution is -2.32. The van der Waals surface area contributed by atoms with Crippen LogP contribution in [-0.4, -0.2) is 52.6 Å². The first-order valence-corrected chi connectivity index (χ1v) is 4.73. The van der Waals surface area contributed by atoms with Crippen molar-refractivity contribution in [1.82, 2.24) is 0 Å². The van der Waals surface area contributed by atoms with Crippen molar-refractivity contribution in [3.05, 3.63) is 0 Å². The minimum atomic E-state index is -1.19. The fraction of sp³-hybridized carbons (Fsp3) is 1.00. The summed E-state index contributed by atoms with van der Waals surface area (Å²) in [6.45, 7) is 3.11. The van der Waals surface area contributed by atoms with Gasteiger partial charge in [0.25, 0.3) is 0 Å². The van der Waals surface area contributed by atoms with Gasteiger partial charge in [0.05, 0.1) is 25.4 Å². The fourth-order valence-corrected chi connectivity index (χ4v) is 1.50. The summed E-state index contributed by atoms with van der Waals surface area (Å²) < 4.78 is 10.5. The molecule has 0 amide bonds. The predicted molar refractivity (Wildman–Crippen MR) is 48.6 cm³/mol. The van der Waals surface area contributed by atoms with Crippen LogP contribution in [0.3, 0.4) is 0 Å². The van der Waals surface area contributed by atoms with E-state index in [1.165, 1.54) is 0 Å². The van der Waals surface area contributed by atoms with E-state index in [4.69, 9.17) is 14.6 Å². The first-order valence-electron chi connectivity index (χ1n) is 4.73. The Morgan fingerprint density at radius 1 is 1.57 bits per heavy atom. The first-order chi connectivity index (χ1) is 6.42. The molecular formula is C9H18O5. The number of ether oxygens (including phenoxy) is 2. The van der Waals surface area contributed by atoms with E-state index < -0.39 is 18.0 Å². The molecule has 1 aliphatic rings. The maximum Gasteiger partial charge on any atom is 0.160 e. The number of aliphatic hydroxyl groups excluding tert-OH is 2. The largest absolute Gasteiger partial charge is 0.394 e. The van der Waals surface area contributed by atoms with Crippen molar-refractivity contribution >= 4 is 0 Å². The highest BCUT2D eigenvalue weighted by atomic mass is 16.6. The van der Waals surface area contributed by atoms with Gasteiger partial charge in [-0.1, -0.05) is 0 Å². The Bertz CT molecular complexity index is 177. The molecule has 3 atom stereocenters. The predicted octanol–water partition coefficient (Wildman–Crippen LogP) is -0.758. The zero-order valence-corrected chi connectivity index (χ0v) is 8.51. The van der Waals surface area contributed by atoms with Crippen molar-refractivity contribution in [3.63, 3.8) is 0 Å². The molecule has 0 aliphatic carbocycles. The van der Waals surface area contributed by atoms with Gasteiger partial charge in [0.2, 0.25) is 0 Å². The lowest BCUT2D eigenvalue weighted by atomic mass is 10.1. The van der Waals surface area contributed by atoms with E-state index in [9.17, 15) is 10.2 Å². The Balaban J connectivity index is 2.34. The van der Waals surface area contributed by atoms with Crippen molar-refractivity contribution in [2.24, 2.45) is 0 Å². The molecule has 3 N–H and O–H groups in total. The lowest BCUT2D eigenvalue weighted by Gasteiger charge is -2.22. The van der Waals surface area contributed by atoms with Crippen LogP contribution in [0.2, 0.25) is 0 Å². The zero-order valence-electron chi connectivity index (χ0n) is 8.51. The van der Waals surface area contributed by atoms with Gasteiger partial charge in [-0.15, -0.1) is 0 Å². The van der Waals surface area contributed by atoms with Gasteiger partial charge in [-0.3, -0.25) is 0 Å². The monoisotopic (exact) mass is 206 g/mol. The standard InChI is InChI=1S/C9H18O5/c1-9(2,12)14-6-3-8(13-5-6)7(11)4-10/h6-8,10-12H,3-5H2,1-2H3/t6-,7?,8+/m1/s1. The van der Waals surface area contributed by atoms with Crippen molar-refractivity contribution < 1.29 is 24.8 Å². The highest BCUT2D eigenvalue weighted by Crippen LogP contribution is 2.22. The van der Waals surface area contributed by atoms with Crippen molar-refractivity contribution in [1.29, 1.82) is 0 Å². The quantitative estimate of drug-likeness (QED) is 0.527. The van der Waals surface area contributed by atoms with E-state index >= 15 is 0 Å². The van der Waals surface area contributed by atoms with Crippen LogP contribution >= 0.6 is 0 Å². The summed E-state index contributed by atoms with van der Waals surface area (Å²) in [4.78, 5) is 0. The van der Waals surface area contributed by atoms with Crippen LogP contribution in [0.4, 0.5) is 0 Å². The third-order valence-electron chi connectivity index (χ3n) is 2.06. The molecule has 0 aromatic heterocycles. The minimum absolute atomic E-state index is 0.221. The molecule has 84 valence electrons. The van der Waals surface area contributed by atoms with Crippen LogP contribution in [-0.2, 0) is 9.47 Å². The molecular weight excluding hydrogens is 188 g/mol. The van der Waals surface area contributed by atoms with Gasteiger partial charge in [0.1, 0.15) is 6.10 Å². The minimum Gasteiger partial charge on any atom is -0.394 e. The smallest absolute Gasteiger partial charge is 0.160 e. The Hall–Kier alpha value is -0.200. The molecule has 0 aromatic rings. The topological polar surface area (TPSA) is 79.2 Å². The van der Waals surface area contributed by atoms with Crippen LogP contribution in [0.5, 0.6) is 0 Å². The zero-order chi connectivity index (χ0) is 10.8. The highest BCUT2D eigenvalue weighted by Gasteiger charge is 2.33. The van der Waals surface area contributed by atoms with Gasteiger partial charge in [-0.05, 0) is 13.8 Å². The molecule has 1 saturated heterocycles. The summed E-state index contributed by atoms with van der Waals surface area (Å²) in [6.07, 6.45) is -0.995. The molecule has 1 heterocycles. The molecule has 0 saturated carbocycles. The second-order valence-corrected chi connectivity index (χ2v) is 4.04. The molecule has 0 bridgehead atoms. The fourth-order valence-electron chi connectivity index (χ4n) is 1.50. The first kappa shape index (κ1) is 11.9. The van der Waals surface area contributed by atoms with E-state index in [1.54, 1.807) is 13.8 Å². The van der Waals surface area contributed by atoms with Gasteiger partial charge < -0.3 is 24.8 Å². The average Bonchev–Trinajstić information content (AvgIpc) is 2.48. The number of rotatable bonds is 4. The third kappa shape index (κ3) is 3.51. The van der Waals surface area contributed by atoms with E-state index in [1.807, 2.05) is 0 Å². The van der Waals surface area contributed by atoms with E-state index in [0.29, 0.717) is 13.0 Å². The highest BCUT2D eigenvalue weighted by molar-refractivity contribution is 4.80. The van der Waals surface area contributed by atoms with Crippen LogP contribution in [0, 0.1) is 0 Å². The molecule has 14 heavy (non-hydrogen) atoms. The number of hydrogen-bond donors (Lipinski definition) is 3. The van der Waals surface area contributed by atoms with Crippen LogP contribution in [0.25, 0.3) is 0 Å². The second-order valence-electron chi connectivity index (χ2n) is 4.04. The average molecular weight is 206 g/mol. The molecule has 1 unspecified atom stereocenters. The third-order valence-corrected chi connectivity index (χ3v) is 2.06. The summed E-state index contributed by atoms with van der Waals surface area (Å²) in [6, 6.07) is 0. The lowest BCUT2D eigenvalue weighted by molar-refractivity contribution is -0.204. The summed E-state index contributed by atoms with van der Waals surface area (Å²) in [5.41, 5.74) is 0. The summed E-state index contributed by atoms with van der Waals surface area (Å²) in [5.74, 6) is -1.19. The summed E-state index contributed by atoms with van der Waals surface area (Å²) in [5, 5.41) is 27.3. The van der Waals surface area contributed by atoms with Gasteiger partial charge in [-0.25, -0.2) is 0 Å². The molecule has 1 fully saturated rings. The SMILES string of the molecule is CC(C)(O)O[C@H]1CO[C@H](C(O)CO)C1. The van der Waals surface area contributed by atoms with E-state index in [2.05, 4.69) is 0 Å². The molecule has 0 aromatic carbocycles. The van der Waals surface area contributed by atoms with E-state index in [0.717, 1.165) is 0 Å². The Morgan fingerprint density at radius 3 is 2.71 bits per heavy atom. The number of aliphatic hydroxyl groups is 3. The van der Waals surface area contributed by atoms with Crippen LogP contribution in [0.1, 0.15) is 20.3 Å². The molecule has 0 spiro atoms. The van der Waals surface area contributed by atoms with Gasteiger partial charge in [0, 0.05) is 6.42 Å². The normalized spacial score (nSPS) is 30.6. The molecule has 5 nitrogen and oxygen atoms in total.